The number of imidazole rings is 1. The van der Waals surface area contributed by atoms with E-state index in [1.165, 1.54) is 11.3 Å². The number of aryl methyl sites for hydroxylation is 2. The van der Waals surface area contributed by atoms with E-state index in [1.807, 2.05) is 12.3 Å². The van der Waals surface area contributed by atoms with E-state index in [2.05, 4.69) is 4.98 Å². The first kappa shape index (κ1) is 9.63. The number of hydrogen-bond acceptors (Lipinski definition) is 4. The first-order valence-corrected chi connectivity index (χ1v) is 6.30. The van der Waals surface area contributed by atoms with Crippen molar-refractivity contribution in [1.29, 1.82) is 0 Å². The van der Waals surface area contributed by atoms with Gasteiger partial charge in [0.05, 0.1) is 5.69 Å². The lowest BCUT2D eigenvalue weighted by Gasteiger charge is -1.98. The first-order valence-electron chi connectivity index (χ1n) is 3.87. The molecule has 0 atom stereocenters. The van der Waals surface area contributed by atoms with E-state index >= 15 is 0 Å². The number of sulfonamides is 1. The Balaban J connectivity index is 2.99. The van der Waals surface area contributed by atoms with Gasteiger partial charge in [0.2, 0.25) is 0 Å². The molecule has 2 aromatic heterocycles. The zero-order chi connectivity index (χ0) is 10.5. The summed E-state index contributed by atoms with van der Waals surface area (Å²) in [6.07, 6.45) is 0. The molecule has 0 aliphatic rings. The lowest BCUT2D eigenvalue weighted by atomic mass is 10.5. The second-order valence-electron chi connectivity index (χ2n) is 3.04. The van der Waals surface area contributed by atoms with Crippen LogP contribution in [0, 0.1) is 13.8 Å². The summed E-state index contributed by atoms with van der Waals surface area (Å²) >= 11 is 1.40. The predicted octanol–water partition coefficient (Wildman–Crippen LogP) is 0.660. The average molecular weight is 231 g/mol. The zero-order valence-electron chi connectivity index (χ0n) is 7.68. The van der Waals surface area contributed by atoms with Crippen LogP contribution in [0.1, 0.15) is 11.4 Å². The molecule has 2 aromatic rings. The lowest BCUT2D eigenvalue weighted by Crippen LogP contribution is -2.16. The van der Waals surface area contributed by atoms with Crippen molar-refractivity contribution >= 4 is 26.3 Å². The first-order chi connectivity index (χ1) is 6.41. The molecule has 0 aromatic carbocycles. The molecule has 0 saturated heterocycles. The molecule has 0 spiro atoms. The Morgan fingerprint density at radius 3 is 2.71 bits per heavy atom. The third-order valence-corrected chi connectivity index (χ3v) is 3.88. The molecule has 0 aliphatic heterocycles. The zero-order valence-corrected chi connectivity index (χ0v) is 9.32. The van der Waals surface area contributed by atoms with Gasteiger partial charge >= 0.3 is 0 Å². The number of nitrogens with two attached hydrogens (primary N) is 1. The van der Waals surface area contributed by atoms with Gasteiger partial charge in [-0.1, -0.05) is 0 Å². The summed E-state index contributed by atoms with van der Waals surface area (Å²) in [5.41, 5.74) is 1.28. The lowest BCUT2D eigenvalue weighted by molar-refractivity contribution is 0.591. The van der Waals surface area contributed by atoms with Crippen LogP contribution in [0.4, 0.5) is 0 Å². The summed E-state index contributed by atoms with van der Waals surface area (Å²) in [6, 6.07) is 0. The van der Waals surface area contributed by atoms with Crippen LogP contribution in [0.2, 0.25) is 0 Å². The Labute approximate surface area is 85.2 Å². The molecule has 0 unspecified atom stereocenters. The van der Waals surface area contributed by atoms with E-state index in [9.17, 15) is 8.42 Å². The quantitative estimate of drug-likeness (QED) is 0.783. The van der Waals surface area contributed by atoms with Crippen molar-refractivity contribution in [3.8, 4) is 0 Å². The van der Waals surface area contributed by atoms with Crippen molar-refractivity contribution in [2.24, 2.45) is 5.14 Å². The Kier molecular flexibility index (Phi) is 1.91. The van der Waals surface area contributed by atoms with E-state index in [1.54, 1.807) is 11.3 Å². The monoisotopic (exact) mass is 231 g/mol. The van der Waals surface area contributed by atoms with Crippen LogP contribution in [0.25, 0.3) is 4.96 Å². The number of fused-ring (bicyclic) bond motifs is 1. The van der Waals surface area contributed by atoms with Crippen molar-refractivity contribution in [2.45, 2.75) is 18.9 Å². The molecular weight excluding hydrogens is 222 g/mol. The third kappa shape index (κ3) is 1.24. The molecule has 76 valence electrons. The van der Waals surface area contributed by atoms with E-state index < -0.39 is 10.0 Å². The summed E-state index contributed by atoms with van der Waals surface area (Å²) in [4.78, 5) is 4.78. The molecule has 0 bridgehead atoms. The summed E-state index contributed by atoms with van der Waals surface area (Å²) in [5.74, 6) is 0. The highest BCUT2D eigenvalue weighted by molar-refractivity contribution is 7.89. The molecule has 0 aliphatic carbocycles. The number of thiazole rings is 1. The van der Waals surface area contributed by atoms with Crippen LogP contribution in [0.15, 0.2) is 10.4 Å². The van der Waals surface area contributed by atoms with Crippen molar-refractivity contribution < 1.29 is 8.42 Å². The van der Waals surface area contributed by atoms with Crippen LogP contribution in [0.5, 0.6) is 0 Å². The van der Waals surface area contributed by atoms with E-state index in [0.29, 0.717) is 10.7 Å². The van der Waals surface area contributed by atoms with Gasteiger partial charge in [0.25, 0.3) is 10.0 Å². The molecule has 0 saturated carbocycles. The topological polar surface area (TPSA) is 77.5 Å². The SMILES string of the molecule is Cc1nc2scc(C)n2c1S(N)(=O)=O. The number of aromatic nitrogens is 2. The van der Waals surface area contributed by atoms with Crippen molar-refractivity contribution in [1.82, 2.24) is 9.38 Å². The Morgan fingerprint density at radius 1 is 1.50 bits per heavy atom. The summed E-state index contributed by atoms with van der Waals surface area (Å²) < 4.78 is 24.2. The molecule has 14 heavy (non-hydrogen) atoms. The molecule has 2 rings (SSSR count). The number of hydrogen-bond donors (Lipinski definition) is 1. The van der Waals surface area contributed by atoms with Gasteiger partial charge in [-0.3, -0.25) is 4.40 Å². The van der Waals surface area contributed by atoms with Crippen molar-refractivity contribution in [3.05, 3.63) is 16.8 Å². The van der Waals surface area contributed by atoms with Gasteiger partial charge < -0.3 is 0 Å². The number of rotatable bonds is 1. The Morgan fingerprint density at radius 2 is 2.14 bits per heavy atom. The van der Waals surface area contributed by atoms with Gasteiger partial charge in [0, 0.05) is 11.1 Å². The van der Waals surface area contributed by atoms with Crippen LogP contribution in [-0.4, -0.2) is 17.8 Å². The van der Waals surface area contributed by atoms with Crippen LogP contribution < -0.4 is 5.14 Å². The normalized spacial score (nSPS) is 12.5. The largest absolute Gasteiger partial charge is 0.277 e. The maximum atomic E-state index is 11.3. The maximum absolute atomic E-state index is 11.3. The van der Waals surface area contributed by atoms with Gasteiger partial charge in [0.15, 0.2) is 9.99 Å². The predicted molar refractivity (Wildman–Crippen MR) is 53.9 cm³/mol. The average Bonchev–Trinajstić information content (AvgIpc) is 2.49. The highest BCUT2D eigenvalue weighted by Crippen LogP contribution is 2.22. The van der Waals surface area contributed by atoms with Crippen LogP contribution in [0.3, 0.4) is 0 Å². The van der Waals surface area contributed by atoms with Gasteiger partial charge in [0.1, 0.15) is 0 Å². The molecule has 0 fully saturated rings. The maximum Gasteiger partial charge on any atom is 0.255 e. The van der Waals surface area contributed by atoms with E-state index in [0.717, 1.165) is 5.69 Å². The molecular formula is C7H9N3O2S2. The summed E-state index contributed by atoms with van der Waals surface area (Å²) in [7, 11) is -3.70. The van der Waals surface area contributed by atoms with Gasteiger partial charge in [-0.2, -0.15) is 0 Å². The fourth-order valence-corrected chi connectivity index (χ4v) is 3.32. The van der Waals surface area contributed by atoms with Crippen molar-refractivity contribution in [3.63, 3.8) is 0 Å². The van der Waals surface area contributed by atoms with Gasteiger partial charge in [-0.15, -0.1) is 11.3 Å². The number of nitrogens with zero attached hydrogens (tertiary/aromatic N) is 2. The van der Waals surface area contributed by atoms with Gasteiger partial charge in [-0.25, -0.2) is 18.5 Å². The summed E-state index contributed by atoms with van der Waals surface area (Å²) in [6.45, 7) is 3.46. The van der Waals surface area contributed by atoms with Crippen molar-refractivity contribution in [2.75, 3.05) is 0 Å². The van der Waals surface area contributed by atoms with E-state index in [-0.39, 0.29) is 5.03 Å². The highest BCUT2D eigenvalue weighted by atomic mass is 32.2. The minimum Gasteiger partial charge on any atom is -0.277 e. The second kappa shape index (κ2) is 2.78. The summed E-state index contributed by atoms with van der Waals surface area (Å²) in [5, 5.41) is 7.05. The smallest absolute Gasteiger partial charge is 0.255 e. The molecule has 2 N–H and O–H groups in total. The molecule has 7 heteroatoms. The minimum absolute atomic E-state index is 0.0891. The fraction of sp³-hybridized carbons (Fsp3) is 0.286. The molecule has 0 amide bonds. The fourth-order valence-electron chi connectivity index (χ4n) is 1.40. The van der Waals surface area contributed by atoms with E-state index in [4.69, 9.17) is 5.14 Å². The standard InChI is InChI=1S/C7H9N3O2S2/c1-4-3-13-7-9-5(2)6(10(4)7)14(8,11)12/h3H,1-2H3,(H2,8,11,12). The molecule has 2 heterocycles. The Hall–Kier alpha value is -0.920. The van der Waals surface area contributed by atoms with Gasteiger partial charge in [-0.05, 0) is 13.8 Å². The molecule has 0 radical (unpaired) electrons. The van der Waals surface area contributed by atoms with Crippen LogP contribution in [-0.2, 0) is 10.0 Å². The minimum atomic E-state index is -3.70. The Bertz CT molecular complexity index is 594. The van der Waals surface area contributed by atoms with Crippen LogP contribution >= 0.6 is 11.3 Å². The molecule has 5 nitrogen and oxygen atoms in total. The third-order valence-electron chi connectivity index (χ3n) is 1.92. The second-order valence-corrected chi connectivity index (χ2v) is 5.36. The number of primary sulfonamides is 1. The highest BCUT2D eigenvalue weighted by Gasteiger charge is 2.20.